The van der Waals surface area contributed by atoms with E-state index in [-0.39, 0.29) is 0 Å². The molecule has 0 amide bonds. The zero-order valence-corrected chi connectivity index (χ0v) is 17.1. The van der Waals surface area contributed by atoms with Crippen LogP contribution in [-0.2, 0) is 19.5 Å². The van der Waals surface area contributed by atoms with Gasteiger partial charge in [0.1, 0.15) is 0 Å². The second-order valence-corrected chi connectivity index (χ2v) is 7.10. The number of aryl methyl sites for hydroxylation is 3. The molecule has 0 atom stereocenters. The van der Waals surface area contributed by atoms with Gasteiger partial charge in [0.25, 0.3) is 0 Å². The summed E-state index contributed by atoms with van der Waals surface area (Å²) in [6.07, 6.45) is 5.00. The van der Waals surface area contributed by atoms with E-state index < -0.39 is 0 Å². The van der Waals surface area contributed by atoms with Gasteiger partial charge in [0, 0.05) is 23.9 Å². The topological polar surface area (TPSA) is 35.6 Å². The lowest BCUT2D eigenvalue weighted by Crippen LogP contribution is -1.95. The lowest BCUT2D eigenvalue weighted by molar-refractivity contribution is 0.683. The first-order chi connectivity index (χ1) is 13.1. The van der Waals surface area contributed by atoms with E-state index in [1.807, 2.05) is 21.8 Å². The largest absolute Gasteiger partial charge is 0.265 e. The van der Waals surface area contributed by atoms with Gasteiger partial charge in [-0.05, 0) is 49.4 Å². The fourth-order valence-corrected chi connectivity index (χ4v) is 3.47. The zero-order chi connectivity index (χ0) is 19.4. The predicted octanol–water partition coefficient (Wildman–Crippen LogP) is 5.80. The Hall–Kier alpha value is -2.62. The monoisotopic (exact) mass is 362 g/mol. The number of nitrogens with zero attached hydrogens (tertiary/aromatic N) is 4. The Morgan fingerprint density at radius 3 is 2.22 bits per heavy atom. The molecule has 0 spiro atoms. The van der Waals surface area contributed by atoms with Crippen molar-refractivity contribution in [2.24, 2.45) is 0 Å². The molecule has 4 aromatic rings. The van der Waals surface area contributed by atoms with E-state index >= 15 is 0 Å². The minimum atomic E-state index is 0.563. The third-order valence-electron chi connectivity index (χ3n) is 5.06. The van der Waals surface area contributed by atoms with E-state index in [4.69, 9.17) is 0 Å². The van der Waals surface area contributed by atoms with Gasteiger partial charge in [-0.25, -0.2) is 0 Å². The van der Waals surface area contributed by atoms with Crippen LogP contribution < -0.4 is 0 Å². The molecule has 4 nitrogen and oxygen atoms in total. The predicted molar refractivity (Wildman–Crippen MR) is 114 cm³/mol. The molecule has 0 aliphatic heterocycles. The lowest BCUT2D eigenvalue weighted by Gasteiger charge is -2.06. The van der Waals surface area contributed by atoms with Crippen LogP contribution in [0.15, 0.2) is 48.8 Å². The van der Waals surface area contributed by atoms with E-state index in [0.29, 0.717) is 5.92 Å². The van der Waals surface area contributed by atoms with Gasteiger partial charge < -0.3 is 0 Å². The highest BCUT2D eigenvalue weighted by Gasteiger charge is 2.07. The normalized spacial score (nSPS) is 11.2. The fourth-order valence-electron chi connectivity index (χ4n) is 3.47. The number of aromatic nitrogens is 4. The highest BCUT2D eigenvalue weighted by atomic mass is 15.3. The molecular formula is C23H30N4. The van der Waals surface area contributed by atoms with Crippen LogP contribution in [-0.4, -0.2) is 19.6 Å². The molecule has 0 bridgehead atoms. The van der Waals surface area contributed by atoms with E-state index in [9.17, 15) is 0 Å². The zero-order valence-electron chi connectivity index (χ0n) is 17.1. The van der Waals surface area contributed by atoms with Gasteiger partial charge in [-0.15, -0.1) is 0 Å². The Balaban J connectivity index is 0.000000156. The summed E-state index contributed by atoms with van der Waals surface area (Å²) < 4.78 is 4.08. The number of hydrogen-bond acceptors (Lipinski definition) is 2. The molecular weight excluding hydrogens is 332 g/mol. The fraction of sp³-hybridized carbons (Fsp3) is 0.391. The maximum atomic E-state index is 4.37. The van der Waals surface area contributed by atoms with Crippen molar-refractivity contribution in [2.75, 3.05) is 0 Å². The van der Waals surface area contributed by atoms with E-state index in [1.165, 1.54) is 32.9 Å². The third-order valence-corrected chi connectivity index (χ3v) is 5.06. The van der Waals surface area contributed by atoms with Gasteiger partial charge in [-0.3, -0.25) is 9.36 Å². The summed E-state index contributed by atoms with van der Waals surface area (Å²) in [5, 5.41) is 11.2. The summed E-state index contributed by atoms with van der Waals surface area (Å²) >= 11 is 0. The number of hydrogen-bond donors (Lipinski definition) is 0. The van der Waals surface area contributed by atoms with Crippen LogP contribution in [0.3, 0.4) is 0 Å². The van der Waals surface area contributed by atoms with Crippen LogP contribution in [0.2, 0.25) is 0 Å². The molecule has 0 N–H and O–H groups in total. The van der Waals surface area contributed by atoms with E-state index in [1.54, 1.807) is 0 Å². The van der Waals surface area contributed by atoms with Gasteiger partial charge >= 0.3 is 0 Å². The van der Waals surface area contributed by atoms with Gasteiger partial charge in [0.15, 0.2) is 0 Å². The van der Waals surface area contributed by atoms with Crippen molar-refractivity contribution in [3.8, 4) is 0 Å². The highest BCUT2D eigenvalue weighted by molar-refractivity contribution is 5.82. The Morgan fingerprint density at radius 2 is 1.56 bits per heavy atom. The minimum absolute atomic E-state index is 0.563. The third kappa shape index (κ3) is 3.90. The molecule has 0 saturated carbocycles. The molecule has 4 heteroatoms. The van der Waals surface area contributed by atoms with Crippen LogP contribution in [0.1, 0.15) is 51.7 Å². The highest BCUT2D eigenvalue weighted by Crippen LogP contribution is 2.24. The summed E-state index contributed by atoms with van der Waals surface area (Å²) in [6.45, 7) is 12.7. The standard InChI is InChI=1S/C12H16N2.C11H14N2/c1-4-14-12-7-5-6-10(9(2)3)11(12)8-13-14;1-3-9-5-6-10-8-12-13(4-2)11(10)7-9/h5-9H,4H2,1-3H3;5-8H,3-4H2,1-2H3. The van der Waals surface area contributed by atoms with Crippen LogP contribution >= 0.6 is 0 Å². The first kappa shape index (κ1) is 19.2. The van der Waals surface area contributed by atoms with Crippen LogP contribution in [0, 0.1) is 0 Å². The van der Waals surface area contributed by atoms with Crippen molar-refractivity contribution in [1.29, 1.82) is 0 Å². The van der Waals surface area contributed by atoms with Crippen molar-refractivity contribution >= 4 is 21.8 Å². The van der Waals surface area contributed by atoms with Gasteiger partial charge in [-0.2, -0.15) is 10.2 Å². The van der Waals surface area contributed by atoms with Crippen molar-refractivity contribution in [2.45, 2.75) is 60.0 Å². The molecule has 2 aromatic carbocycles. The summed E-state index contributed by atoms with van der Waals surface area (Å²) in [7, 11) is 0. The molecule has 0 aliphatic carbocycles. The van der Waals surface area contributed by atoms with E-state index in [0.717, 1.165) is 19.5 Å². The van der Waals surface area contributed by atoms with Crippen molar-refractivity contribution in [1.82, 2.24) is 19.6 Å². The SMILES string of the molecule is CCc1ccc2cnn(CC)c2c1.CCn1ncc2c(C(C)C)cccc21. The number of fused-ring (bicyclic) bond motifs is 2. The Morgan fingerprint density at radius 1 is 0.852 bits per heavy atom. The Bertz CT molecular complexity index is 1020. The Labute approximate surface area is 161 Å². The molecule has 2 heterocycles. The van der Waals surface area contributed by atoms with E-state index in [2.05, 4.69) is 81.2 Å². The average molecular weight is 363 g/mol. The summed E-state index contributed by atoms with van der Waals surface area (Å²) in [5.41, 5.74) is 5.27. The first-order valence-electron chi connectivity index (χ1n) is 9.97. The summed E-state index contributed by atoms with van der Waals surface area (Å²) in [6, 6.07) is 13.0. The summed E-state index contributed by atoms with van der Waals surface area (Å²) in [5.74, 6) is 0.563. The quantitative estimate of drug-likeness (QED) is 0.460. The maximum Gasteiger partial charge on any atom is 0.0685 e. The molecule has 2 aromatic heterocycles. The van der Waals surface area contributed by atoms with Crippen molar-refractivity contribution in [3.05, 3.63) is 59.9 Å². The average Bonchev–Trinajstić information content (AvgIpc) is 3.30. The molecule has 27 heavy (non-hydrogen) atoms. The van der Waals surface area contributed by atoms with Crippen molar-refractivity contribution < 1.29 is 0 Å². The van der Waals surface area contributed by atoms with Crippen LogP contribution in [0.4, 0.5) is 0 Å². The Kier molecular flexibility index (Phi) is 5.94. The summed E-state index contributed by atoms with van der Waals surface area (Å²) in [4.78, 5) is 0. The molecule has 0 aliphatic rings. The molecule has 142 valence electrons. The number of rotatable bonds is 4. The molecule has 0 saturated heterocycles. The van der Waals surface area contributed by atoms with Gasteiger partial charge in [0.2, 0.25) is 0 Å². The van der Waals surface area contributed by atoms with Crippen LogP contribution in [0.25, 0.3) is 21.8 Å². The first-order valence-corrected chi connectivity index (χ1v) is 9.97. The number of benzene rings is 2. The molecule has 4 rings (SSSR count). The van der Waals surface area contributed by atoms with Crippen molar-refractivity contribution in [3.63, 3.8) is 0 Å². The maximum absolute atomic E-state index is 4.37. The second kappa shape index (κ2) is 8.38. The minimum Gasteiger partial charge on any atom is -0.265 e. The molecule has 0 unspecified atom stereocenters. The lowest BCUT2D eigenvalue weighted by atomic mass is 10.00. The second-order valence-electron chi connectivity index (χ2n) is 7.10. The molecule has 0 fully saturated rings. The van der Waals surface area contributed by atoms with Crippen LogP contribution in [0.5, 0.6) is 0 Å². The van der Waals surface area contributed by atoms with Gasteiger partial charge in [0.05, 0.1) is 23.4 Å². The van der Waals surface area contributed by atoms with Gasteiger partial charge in [-0.1, -0.05) is 45.0 Å². The smallest absolute Gasteiger partial charge is 0.0685 e. The molecule has 0 radical (unpaired) electrons.